The van der Waals surface area contributed by atoms with Gasteiger partial charge < -0.3 is 5.32 Å². The predicted octanol–water partition coefficient (Wildman–Crippen LogP) is 2.40. The fraction of sp³-hybridized carbons (Fsp3) is 0.318. The van der Waals surface area contributed by atoms with Crippen molar-refractivity contribution >= 4 is 38.4 Å². The second-order valence-electron chi connectivity index (χ2n) is 7.80. The average molecular weight is 458 g/mol. The van der Waals surface area contributed by atoms with Crippen molar-refractivity contribution in [2.45, 2.75) is 31.5 Å². The first-order valence-corrected chi connectivity index (χ1v) is 12.8. The summed E-state index contributed by atoms with van der Waals surface area (Å²) in [7, 11) is -3.07. The Balaban J connectivity index is 1.66. The third kappa shape index (κ3) is 4.67. The van der Waals surface area contributed by atoms with E-state index in [0.717, 1.165) is 16.8 Å². The maximum absolute atomic E-state index is 13.3. The molecule has 1 unspecified atom stereocenters. The molecule has 31 heavy (non-hydrogen) atoms. The first-order chi connectivity index (χ1) is 14.7. The summed E-state index contributed by atoms with van der Waals surface area (Å²) >= 11 is 1.17. The molecule has 0 saturated carbocycles. The fourth-order valence-electron chi connectivity index (χ4n) is 3.79. The van der Waals surface area contributed by atoms with E-state index in [4.69, 9.17) is 0 Å². The molecule has 1 aromatic heterocycles. The largest absolute Gasteiger partial charge is 0.352 e. The second kappa shape index (κ2) is 8.47. The first-order valence-electron chi connectivity index (χ1n) is 9.95. The highest BCUT2D eigenvalue weighted by Crippen LogP contribution is 2.24. The van der Waals surface area contributed by atoms with Gasteiger partial charge in [-0.1, -0.05) is 41.6 Å². The summed E-state index contributed by atoms with van der Waals surface area (Å²) in [6.45, 7) is 3.92. The molecule has 1 N–H and O–H groups in total. The zero-order chi connectivity index (χ0) is 22.2. The Hall–Kier alpha value is -2.65. The normalized spacial score (nSPS) is 17.7. The molecule has 4 rings (SSSR count). The topological polar surface area (TPSA) is 98.1 Å². The Labute approximate surface area is 184 Å². The lowest BCUT2D eigenvalue weighted by molar-refractivity contribution is -0.119. The van der Waals surface area contributed by atoms with Crippen molar-refractivity contribution in [3.8, 4) is 5.69 Å². The number of amides is 1. The Morgan fingerprint density at radius 1 is 1.23 bits per heavy atom. The number of benzene rings is 2. The van der Waals surface area contributed by atoms with Gasteiger partial charge >= 0.3 is 0 Å². The molecule has 1 amide bonds. The van der Waals surface area contributed by atoms with E-state index >= 15 is 0 Å². The monoisotopic (exact) mass is 457 g/mol. The quantitative estimate of drug-likeness (QED) is 0.467. The minimum absolute atomic E-state index is 0.0229. The van der Waals surface area contributed by atoms with Crippen molar-refractivity contribution in [3.63, 3.8) is 0 Å². The van der Waals surface area contributed by atoms with Gasteiger partial charge in [0, 0.05) is 6.04 Å². The molecule has 1 aliphatic heterocycles. The van der Waals surface area contributed by atoms with Gasteiger partial charge in [-0.2, -0.15) is 0 Å². The molecule has 1 aliphatic rings. The van der Waals surface area contributed by atoms with Gasteiger partial charge in [-0.05, 0) is 44.0 Å². The number of carbonyl (C=O) groups excluding carboxylic acids is 1. The molecule has 2 heterocycles. The van der Waals surface area contributed by atoms with Crippen LogP contribution in [0.1, 0.15) is 17.5 Å². The molecule has 1 saturated heterocycles. The second-order valence-corrected chi connectivity index (χ2v) is 11.0. The maximum atomic E-state index is 13.3. The van der Waals surface area contributed by atoms with Crippen LogP contribution in [0.5, 0.6) is 0 Å². The van der Waals surface area contributed by atoms with Crippen LogP contribution >= 0.6 is 11.8 Å². The zero-order valence-corrected chi connectivity index (χ0v) is 18.9. The summed E-state index contributed by atoms with van der Waals surface area (Å²) in [5, 5.41) is 3.71. The summed E-state index contributed by atoms with van der Waals surface area (Å²) in [4.78, 5) is 30.4. The molecule has 0 radical (unpaired) electrons. The van der Waals surface area contributed by atoms with Crippen LogP contribution in [0, 0.1) is 13.8 Å². The van der Waals surface area contributed by atoms with Gasteiger partial charge in [0.15, 0.2) is 15.0 Å². The highest BCUT2D eigenvalue weighted by atomic mass is 32.2. The number of aromatic nitrogens is 2. The van der Waals surface area contributed by atoms with E-state index in [9.17, 15) is 18.0 Å². The van der Waals surface area contributed by atoms with E-state index in [2.05, 4.69) is 10.3 Å². The number of sulfone groups is 1. The molecule has 0 bridgehead atoms. The van der Waals surface area contributed by atoms with Gasteiger partial charge in [-0.3, -0.25) is 14.2 Å². The van der Waals surface area contributed by atoms with Crippen LogP contribution in [0.2, 0.25) is 0 Å². The number of thioether (sulfide) groups is 1. The third-order valence-electron chi connectivity index (χ3n) is 5.27. The lowest BCUT2D eigenvalue weighted by Crippen LogP contribution is -2.36. The van der Waals surface area contributed by atoms with Gasteiger partial charge in [0.25, 0.3) is 5.56 Å². The Morgan fingerprint density at radius 3 is 2.71 bits per heavy atom. The third-order valence-corrected chi connectivity index (χ3v) is 7.97. The lowest BCUT2D eigenvalue weighted by atomic mass is 10.1. The summed E-state index contributed by atoms with van der Waals surface area (Å²) in [6.07, 6.45) is 0.431. The SMILES string of the molecule is Cc1ccc(-n2c(SCC(=O)NC3CCS(=O)(=O)C3)nc3ccccc3c2=O)c(C)c1. The molecule has 162 valence electrons. The first kappa shape index (κ1) is 21.6. The molecule has 0 spiro atoms. The minimum Gasteiger partial charge on any atom is -0.352 e. The van der Waals surface area contributed by atoms with Crippen molar-refractivity contribution in [1.82, 2.24) is 14.9 Å². The minimum atomic E-state index is -3.07. The number of para-hydroxylation sites is 1. The molecular formula is C22H23N3O4S2. The maximum Gasteiger partial charge on any atom is 0.266 e. The lowest BCUT2D eigenvalue weighted by Gasteiger charge is -2.16. The Bertz CT molecular complexity index is 1330. The van der Waals surface area contributed by atoms with E-state index in [0.29, 0.717) is 22.5 Å². The highest BCUT2D eigenvalue weighted by molar-refractivity contribution is 7.99. The van der Waals surface area contributed by atoms with Gasteiger partial charge in [0.2, 0.25) is 5.91 Å². The average Bonchev–Trinajstić information content (AvgIpc) is 3.05. The molecular weight excluding hydrogens is 434 g/mol. The van der Waals surface area contributed by atoms with Crippen molar-refractivity contribution < 1.29 is 13.2 Å². The summed E-state index contributed by atoms with van der Waals surface area (Å²) in [5.41, 5.74) is 3.11. The molecule has 9 heteroatoms. The summed E-state index contributed by atoms with van der Waals surface area (Å²) in [5.74, 6) is -0.164. The van der Waals surface area contributed by atoms with Gasteiger partial charge in [-0.15, -0.1) is 0 Å². The molecule has 1 fully saturated rings. The van der Waals surface area contributed by atoms with E-state index in [1.165, 1.54) is 11.8 Å². The van der Waals surface area contributed by atoms with Gasteiger partial charge in [0.1, 0.15) is 0 Å². The summed E-state index contributed by atoms with van der Waals surface area (Å²) < 4.78 is 24.8. The predicted molar refractivity (Wildman–Crippen MR) is 123 cm³/mol. The Morgan fingerprint density at radius 2 is 2.00 bits per heavy atom. The van der Waals surface area contributed by atoms with Crippen LogP contribution in [-0.4, -0.2) is 47.2 Å². The van der Waals surface area contributed by atoms with Crippen LogP contribution in [0.4, 0.5) is 0 Å². The van der Waals surface area contributed by atoms with Crippen LogP contribution in [0.25, 0.3) is 16.6 Å². The highest BCUT2D eigenvalue weighted by Gasteiger charge is 2.29. The van der Waals surface area contributed by atoms with Crippen molar-refractivity contribution in [3.05, 3.63) is 63.9 Å². The van der Waals surface area contributed by atoms with Crippen LogP contribution < -0.4 is 10.9 Å². The molecule has 7 nitrogen and oxygen atoms in total. The fourth-order valence-corrected chi connectivity index (χ4v) is 6.28. The smallest absolute Gasteiger partial charge is 0.266 e. The number of hydrogen-bond donors (Lipinski definition) is 1. The van der Waals surface area contributed by atoms with Gasteiger partial charge in [0.05, 0.1) is 33.8 Å². The van der Waals surface area contributed by atoms with Crippen LogP contribution in [-0.2, 0) is 14.6 Å². The molecule has 3 aromatic rings. The van der Waals surface area contributed by atoms with Crippen molar-refractivity contribution in [2.24, 2.45) is 0 Å². The molecule has 0 aliphatic carbocycles. The van der Waals surface area contributed by atoms with E-state index in [1.54, 1.807) is 22.8 Å². The van der Waals surface area contributed by atoms with Crippen LogP contribution in [0.3, 0.4) is 0 Å². The van der Waals surface area contributed by atoms with E-state index in [-0.39, 0.29) is 34.8 Å². The number of carbonyl (C=O) groups is 1. The zero-order valence-electron chi connectivity index (χ0n) is 17.3. The number of fused-ring (bicyclic) bond motifs is 1. The van der Waals surface area contributed by atoms with Crippen LogP contribution in [0.15, 0.2) is 52.4 Å². The molecule has 1 atom stereocenters. The van der Waals surface area contributed by atoms with E-state index < -0.39 is 9.84 Å². The summed E-state index contributed by atoms with van der Waals surface area (Å²) in [6, 6.07) is 12.6. The Kier molecular flexibility index (Phi) is 5.90. The number of hydrogen-bond acceptors (Lipinski definition) is 6. The van der Waals surface area contributed by atoms with E-state index in [1.807, 2.05) is 38.1 Å². The number of rotatable bonds is 5. The number of nitrogens with zero attached hydrogens (tertiary/aromatic N) is 2. The van der Waals surface area contributed by atoms with Gasteiger partial charge in [-0.25, -0.2) is 13.4 Å². The number of nitrogens with one attached hydrogen (secondary N) is 1. The van der Waals surface area contributed by atoms with Crippen molar-refractivity contribution in [2.75, 3.05) is 17.3 Å². The van der Waals surface area contributed by atoms with Crippen molar-refractivity contribution in [1.29, 1.82) is 0 Å². The number of aryl methyl sites for hydroxylation is 2. The standard InChI is InChI=1S/C22H23N3O4S2/c1-14-7-8-19(15(2)11-14)25-21(27)17-5-3-4-6-18(17)24-22(25)30-12-20(26)23-16-9-10-31(28,29)13-16/h3-8,11,16H,9-10,12-13H2,1-2H3,(H,23,26). The molecule has 2 aromatic carbocycles.